The molecule has 10 nitrogen and oxygen atoms in total. The second-order valence-electron chi connectivity index (χ2n) is 12.6. The molecular formula is C30H37F3N4O6. The van der Waals surface area contributed by atoms with Crippen LogP contribution in [0, 0.1) is 23.7 Å². The second kappa shape index (κ2) is 10.8. The van der Waals surface area contributed by atoms with E-state index < -0.39 is 70.5 Å². The Morgan fingerprint density at radius 2 is 1.79 bits per heavy atom. The Balaban J connectivity index is 1.59. The second-order valence-corrected chi connectivity index (χ2v) is 12.6. The summed E-state index contributed by atoms with van der Waals surface area (Å²) >= 11 is 0. The van der Waals surface area contributed by atoms with Gasteiger partial charge in [-0.1, -0.05) is 0 Å². The van der Waals surface area contributed by atoms with Crippen LogP contribution in [-0.2, 0) is 27.3 Å². The first kappa shape index (κ1) is 30.9. The molecule has 5 unspecified atom stereocenters. The molecule has 5 atom stereocenters. The van der Waals surface area contributed by atoms with E-state index in [1.165, 1.54) is 0 Å². The topological polar surface area (TPSA) is 148 Å². The maximum Gasteiger partial charge on any atom is 0.393 e. The number of likely N-dealkylation sites (N-methyl/N-ethyl adjacent to an activating group) is 1. The number of phenols is 1. The lowest BCUT2D eigenvalue weighted by atomic mass is 9.59. The molecule has 43 heavy (non-hydrogen) atoms. The number of benzene rings is 1. The summed E-state index contributed by atoms with van der Waals surface area (Å²) in [6.07, 6.45) is -3.49. The zero-order valence-corrected chi connectivity index (χ0v) is 24.5. The molecule has 0 bridgehead atoms. The average molecular weight is 607 g/mol. The van der Waals surface area contributed by atoms with Crippen molar-refractivity contribution >= 4 is 28.9 Å². The number of alkyl halides is 3. The van der Waals surface area contributed by atoms with E-state index in [0.29, 0.717) is 29.8 Å². The van der Waals surface area contributed by atoms with Crippen LogP contribution in [0.15, 0.2) is 23.0 Å². The summed E-state index contributed by atoms with van der Waals surface area (Å²) in [6.45, 7) is 0.201. The highest BCUT2D eigenvalue weighted by Gasteiger charge is 2.56. The maximum absolute atomic E-state index is 14.0. The van der Waals surface area contributed by atoms with E-state index in [1.54, 1.807) is 49.0 Å². The highest BCUT2D eigenvalue weighted by Crippen LogP contribution is 2.52. The number of ketones is 2. The standard InChI is InChI=1S/C30H37F3N4O6/c1-35(2)18-10-14(11-37-7-5-6-15(12-37)30(31,32)33)24(38)20-16(18)8-13-9-17-21(26(40)19(13)25(20)39)27(41)22(29(34)43)28(42)23(17)36(3)4/h10,13,15,17,21,23,38-39,42H,5-9,11-12H2,1-4H3,(H2,34,43). The van der Waals surface area contributed by atoms with Crippen molar-refractivity contribution in [2.45, 2.75) is 44.4 Å². The largest absolute Gasteiger partial charge is 0.510 e. The number of hydrogen-bond donors (Lipinski definition) is 4. The number of carbonyl (C=O) groups excluding carboxylic acids is 3. The number of piperidine rings is 1. The van der Waals surface area contributed by atoms with Gasteiger partial charge in [-0.2, -0.15) is 13.2 Å². The number of fused-ring (bicyclic) bond motifs is 3. The Hall–Kier alpha value is -3.58. The molecule has 4 aliphatic rings. The minimum absolute atomic E-state index is 0.00621. The molecule has 1 aromatic carbocycles. The number of primary amides is 1. The lowest BCUT2D eigenvalue weighted by Gasteiger charge is -2.46. The number of aromatic hydroxyl groups is 1. The van der Waals surface area contributed by atoms with Gasteiger partial charge in [0.1, 0.15) is 22.8 Å². The van der Waals surface area contributed by atoms with Crippen LogP contribution in [0.3, 0.4) is 0 Å². The minimum atomic E-state index is -4.33. The fraction of sp³-hybridized carbons (Fsp3) is 0.567. The number of aliphatic hydroxyl groups excluding tert-OH is 2. The number of nitrogens with zero attached hydrogens (tertiary/aromatic N) is 3. The first-order valence-electron chi connectivity index (χ1n) is 14.3. The van der Waals surface area contributed by atoms with Crippen molar-refractivity contribution in [3.8, 4) is 5.75 Å². The average Bonchev–Trinajstić information content (AvgIpc) is 2.88. The summed E-state index contributed by atoms with van der Waals surface area (Å²) in [4.78, 5) is 44.6. The number of aliphatic hydroxyl groups is 2. The molecule has 1 aromatic rings. The Bertz CT molecular complexity index is 1450. The van der Waals surface area contributed by atoms with Crippen LogP contribution < -0.4 is 10.6 Å². The molecule has 0 spiro atoms. The van der Waals surface area contributed by atoms with Gasteiger partial charge in [0.25, 0.3) is 5.91 Å². The van der Waals surface area contributed by atoms with Crippen molar-refractivity contribution in [1.82, 2.24) is 9.80 Å². The van der Waals surface area contributed by atoms with Crippen LogP contribution in [0.2, 0.25) is 0 Å². The summed E-state index contributed by atoms with van der Waals surface area (Å²) in [5, 5.41) is 33.9. The molecule has 1 saturated carbocycles. The Kier molecular flexibility index (Phi) is 7.79. The fourth-order valence-electron chi connectivity index (χ4n) is 7.59. The SMILES string of the molecule is CN(C)c1cc(CN2CCCC(C(F)(F)F)C2)c(O)c2c1CC1CC3C(C(=O)C(C(N)=O)=C(O)C3N(C)C)C(=O)C1=C2O. The van der Waals surface area contributed by atoms with E-state index in [2.05, 4.69) is 0 Å². The van der Waals surface area contributed by atoms with Gasteiger partial charge < -0.3 is 26.0 Å². The van der Waals surface area contributed by atoms with E-state index in [1.807, 2.05) is 0 Å². The molecule has 5 N–H and O–H groups in total. The van der Waals surface area contributed by atoms with Crippen LogP contribution >= 0.6 is 0 Å². The van der Waals surface area contributed by atoms with E-state index in [4.69, 9.17) is 5.73 Å². The molecule has 1 saturated heterocycles. The highest BCUT2D eigenvalue weighted by atomic mass is 19.4. The van der Waals surface area contributed by atoms with Gasteiger partial charge >= 0.3 is 6.18 Å². The van der Waals surface area contributed by atoms with Crippen LogP contribution in [0.1, 0.15) is 36.0 Å². The fourth-order valence-corrected chi connectivity index (χ4v) is 7.59. The first-order valence-corrected chi connectivity index (χ1v) is 14.3. The summed E-state index contributed by atoms with van der Waals surface area (Å²) < 4.78 is 40.4. The van der Waals surface area contributed by atoms with E-state index in [0.717, 1.165) is 0 Å². The number of likely N-dealkylation sites (tertiary alicyclic amines) is 1. The summed E-state index contributed by atoms with van der Waals surface area (Å²) in [7, 11) is 6.84. The predicted molar refractivity (Wildman–Crippen MR) is 151 cm³/mol. The Morgan fingerprint density at radius 1 is 1.12 bits per heavy atom. The number of phenolic OH excluding ortho intramolecular Hbond substituents is 1. The zero-order chi connectivity index (χ0) is 31.7. The molecule has 1 amide bonds. The van der Waals surface area contributed by atoms with Gasteiger partial charge in [-0.3, -0.25) is 24.2 Å². The zero-order valence-electron chi connectivity index (χ0n) is 24.5. The van der Waals surface area contributed by atoms with Crippen molar-refractivity contribution in [3.05, 3.63) is 39.7 Å². The number of rotatable bonds is 5. The summed E-state index contributed by atoms with van der Waals surface area (Å²) in [5.74, 6) is -8.16. The van der Waals surface area contributed by atoms with Crippen molar-refractivity contribution in [2.75, 3.05) is 46.2 Å². The normalized spacial score (nSPS) is 28.1. The molecule has 2 fully saturated rings. The maximum atomic E-state index is 14.0. The van der Waals surface area contributed by atoms with Gasteiger partial charge in [0.2, 0.25) is 0 Å². The molecule has 0 aromatic heterocycles. The molecule has 5 rings (SSSR count). The summed E-state index contributed by atoms with van der Waals surface area (Å²) in [6, 6.07) is 0.866. The molecule has 13 heteroatoms. The first-order chi connectivity index (χ1) is 20.0. The number of anilines is 1. The van der Waals surface area contributed by atoms with Crippen LogP contribution in [0.5, 0.6) is 5.75 Å². The van der Waals surface area contributed by atoms with Crippen molar-refractivity contribution in [1.29, 1.82) is 0 Å². The van der Waals surface area contributed by atoms with Crippen LogP contribution in [0.4, 0.5) is 18.9 Å². The molecule has 1 heterocycles. The molecule has 3 aliphatic carbocycles. The minimum Gasteiger partial charge on any atom is -0.510 e. The number of Topliss-reactive ketones (excluding diaryl/α,β-unsaturated/α-hetero) is 2. The molecular weight excluding hydrogens is 569 g/mol. The third-order valence-corrected chi connectivity index (χ3v) is 9.46. The number of nitrogens with two attached hydrogens (primary N) is 1. The third kappa shape index (κ3) is 5.05. The van der Waals surface area contributed by atoms with E-state index in [-0.39, 0.29) is 49.2 Å². The number of allylic oxidation sites excluding steroid dienone is 1. The van der Waals surface area contributed by atoms with Crippen molar-refractivity contribution in [2.24, 2.45) is 29.4 Å². The van der Waals surface area contributed by atoms with Gasteiger partial charge in [-0.25, -0.2) is 0 Å². The third-order valence-electron chi connectivity index (χ3n) is 9.46. The smallest absolute Gasteiger partial charge is 0.393 e. The van der Waals surface area contributed by atoms with Gasteiger partial charge in [0.15, 0.2) is 11.6 Å². The monoisotopic (exact) mass is 606 g/mol. The van der Waals surface area contributed by atoms with Gasteiger partial charge in [-0.05, 0) is 69.8 Å². The molecule has 234 valence electrons. The molecule has 1 aliphatic heterocycles. The van der Waals surface area contributed by atoms with Gasteiger partial charge in [-0.15, -0.1) is 0 Å². The number of halogens is 3. The van der Waals surface area contributed by atoms with Gasteiger partial charge in [0.05, 0.1) is 23.4 Å². The highest BCUT2D eigenvalue weighted by molar-refractivity contribution is 6.28. The lowest BCUT2D eigenvalue weighted by Crippen LogP contribution is -2.55. The van der Waals surface area contributed by atoms with Crippen LogP contribution in [-0.4, -0.2) is 96.1 Å². The lowest BCUT2D eigenvalue weighted by molar-refractivity contribution is -0.187. The molecule has 0 radical (unpaired) electrons. The van der Waals surface area contributed by atoms with E-state index in [9.17, 15) is 42.9 Å². The Morgan fingerprint density at radius 3 is 2.37 bits per heavy atom. The predicted octanol–water partition coefficient (Wildman–Crippen LogP) is 2.69. The van der Waals surface area contributed by atoms with Crippen molar-refractivity contribution < 1.29 is 42.9 Å². The van der Waals surface area contributed by atoms with Gasteiger partial charge in [0, 0.05) is 44.0 Å². The Labute approximate surface area is 247 Å². The summed E-state index contributed by atoms with van der Waals surface area (Å²) in [5.41, 5.74) is 6.26. The number of hydrogen-bond acceptors (Lipinski definition) is 9. The number of amides is 1. The van der Waals surface area contributed by atoms with Crippen LogP contribution in [0.25, 0.3) is 5.76 Å². The van der Waals surface area contributed by atoms with Crippen molar-refractivity contribution in [3.63, 3.8) is 0 Å². The quantitative estimate of drug-likeness (QED) is 0.293. The number of carbonyl (C=O) groups is 3. The van der Waals surface area contributed by atoms with E-state index >= 15 is 0 Å².